The Balaban J connectivity index is 1.81. The number of benzene rings is 1. The average molecular weight is 355 g/mol. The molecule has 0 N–H and O–H groups in total. The Kier molecular flexibility index (Phi) is 5.01. The van der Waals surface area contributed by atoms with Gasteiger partial charge in [0.25, 0.3) is 0 Å². The topological polar surface area (TPSA) is 78.4 Å². The molecule has 0 fully saturated rings. The Labute approximate surface area is 148 Å². The van der Waals surface area contributed by atoms with Gasteiger partial charge in [-0.05, 0) is 36.4 Å². The fourth-order valence-corrected chi connectivity index (χ4v) is 2.16. The van der Waals surface area contributed by atoms with Crippen molar-refractivity contribution in [2.75, 3.05) is 0 Å². The van der Waals surface area contributed by atoms with E-state index in [1.807, 2.05) is 6.07 Å². The normalized spacial score (nSPS) is 10.1. The molecule has 0 aliphatic carbocycles. The molecule has 0 amide bonds. The van der Waals surface area contributed by atoms with Crippen LogP contribution in [-0.4, -0.2) is 21.9 Å². The molecule has 0 bridgehead atoms. The lowest BCUT2D eigenvalue weighted by Gasteiger charge is -2.09. The molecule has 0 atom stereocenters. The lowest BCUT2D eigenvalue weighted by Crippen LogP contribution is -2.14. The molecule has 0 saturated heterocycles. The number of pyridine rings is 2. The predicted molar refractivity (Wildman–Crippen MR) is 89.7 cm³/mol. The first kappa shape index (κ1) is 16.6. The van der Waals surface area contributed by atoms with Gasteiger partial charge in [-0.15, -0.1) is 0 Å². The number of nitrogens with zero attached hydrogens (tertiary/aromatic N) is 2. The molecular weight excluding hydrogens is 344 g/mol. The number of carbonyl (C=O) groups is 2. The first-order valence-corrected chi connectivity index (χ1v) is 7.58. The Morgan fingerprint density at radius 3 is 2.16 bits per heavy atom. The van der Waals surface area contributed by atoms with Crippen molar-refractivity contribution in [1.82, 2.24) is 9.97 Å². The monoisotopic (exact) mass is 354 g/mol. The molecule has 1 aromatic carbocycles. The maximum atomic E-state index is 12.3. The molecule has 3 aromatic rings. The first-order valence-electron chi connectivity index (χ1n) is 7.20. The summed E-state index contributed by atoms with van der Waals surface area (Å²) in [7, 11) is 0. The van der Waals surface area contributed by atoms with Gasteiger partial charge in [0, 0.05) is 12.4 Å². The average Bonchev–Trinajstić information content (AvgIpc) is 2.63. The number of carbonyl (C=O) groups excluding carboxylic acids is 2. The van der Waals surface area contributed by atoms with Crippen molar-refractivity contribution in [1.29, 1.82) is 0 Å². The molecule has 3 rings (SSSR count). The summed E-state index contributed by atoms with van der Waals surface area (Å²) in [5, 5.41) is -0.0488. The van der Waals surface area contributed by atoms with E-state index in [1.54, 1.807) is 24.3 Å². The zero-order valence-electron chi connectivity index (χ0n) is 12.8. The molecule has 0 unspecified atom stereocenters. The highest BCUT2D eigenvalue weighted by Gasteiger charge is 2.21. The van der Waals surface area contributed by atoms with Gasteiger partial charge in [-0.3, -0.25) is 0 Å². The summed E-state index contributed by atoms with van der Waals surface area (Å²) < 4.78 is 10.4. The maximum absolute atomic E-state index is 12.3. The third kappa shape index (κ3) is 3.99. The summed E-state index contributed by atoms with van der Waals surface area (Å²) >= 11 is 5.83. The van der Waals surface area contributed by atoms with Gasteiger partial charge in [-0.2, -0.15) is 0 Å². The SMILES string of the molecule is O=C(OC(=O)c1cccnc1Oc1ccccc1)c1cccnc1Cl. The molecule has 25 heavy (non-hydrogen) atoms. The predicted octanol–water partition coefficient (Wildman–Crippen LogP) is 3.92. The van der Waals surface area contributed by atoms with E-state index in [1.165, 1.54) is 36.7 Å². The molecule has 6 nitrogen and oxygen atoms in total. The lowest BCUT2D eigenvalue weighted by molar-refractivity contribution is 0.0396. The van der Waals surface area contributed by atoms with Crippen LogP contribution >= 0.6 is 11.6 Å². The van der Waals surface area contributed by atoms with Crippen LogP contribution in [0.5, 0.6) is 11.6 Å². The van der Waals surface area contributed by atoms with Crippen LogP contribution in [0, 0.1) is 0 Å². The highest BCUT2D eigenvalue weighted by Crippen LogP contribution is 2.23. The number of hydrogen-bond donors (Lipinski definition) is 0. The second kappa shape index (κ2) is 7.55. The standard InChI is InChI=1S/C18H11ClN2O4/c19-15-13(8-4-10-20-15)17(22)25-18(23)14-9-5-11-21-16(14)24-12-6-2-1-3-7-12/h1-11H. The van der Waals surface area contributed by atoms with Gasteiger partial charge in [-0.1, -0.05) is 29.8 Å². The minimum Gasteiger partial charge on any atom is -0.438 e. The van der Waals surface area contributed by atoms with Gasteiger partial charge in [0.05, 0.1) is 5.56 Å². The van der Waals surface area contributed by atoms with Crippen LogP contribution in [0.4, 0.5) is 0 Å². The Hall–Kier alpha value is -3.25. The van der Waals surface area contributed by atoms with Crippen molar-refractivity contribution in [3.63, 3.8) is 0 Å². The molecule has 7 heteroatoms. The minimum atomic E-state index is -0.905. The van der Waals surface area contributed by atoms with Crippen molar-refractivity contribution >= 4 is 23.5 Å². The fourth-order valence-electron chi connectivity index (χ4n) is 1.96. The van der Waals surface area contributed by atoms with Crippen molar-refractivity contribution in [3.8, 4) is 11.6 Å². The van der Waals surface area contributed by atoms with Gasteiger partial charge in [0.1, 0.15) is 16.5 Å². The molecule has 2 aromatic heterocycles. The summed E-state index contributed by atoms with van der Waals surface area (Å²) in [6.07, 6.45) is 2.89. The van der Waals surface area contributed by atoms with E-state index >= 15 is 0 Å². The van der Waals surface area contributed by atoms with Crippen LogP contribution in [0.25, 0.3) is 0 Å². The van der Waals surface area contributed by atoms with E-state index in [0.717, 1.165) is 0 Å². The van der Waals surface area contributed by atoms with Gasteiger partial charge < -0.3 is 9.47 Å². The molecular formula is C18H11ClN2O4. The number of para-hydroxylation sites is 1. The van der Waals surface area contributed by atoms with E-state index in [9.17, 15) is 9.59 Å². The van der Waals surface area contributed by atoms with E-state index in [4.69, 9.17) is 21.1 Å². The summed E-state index contributed by atoms with van der Waals surface area (Å²) in [6, 6.07) is 14.7. The zero-order chi connectivity index (χ0) is 17.6. The van der Waals surface area contributed by atoms with Crippen LogP contribution in [0.3, 0.4) is 0 Å². The molecule has 0 radical (unpaired) electrons. The van der Waals surface area contributed by atoms with E-state index in [-0.39, 0.29) is 22.2 Å². The highest BCUT2D eigenvalue weighted by atomic mass is 35.5. The lowest BCUT2D eigenvalue weighted by atomic mass is 10.2. The van der Waals surface area contributed by atoms with E-state index < -0.39 is 11.9 Å². The quantitative estimate of drug-likeness (QED) is 0.401. The minimum absolute atomic E-state index is 0.00747. The second-order valence-electron chi connectivity index (χ2n) is 4.79. The number of aromatic nitrogens is 2. The van der Waals surface area contributed by atoms with Crippen molar-refractivity contribution in [2.24, 2.45) is 0 Å². The van der Waals surface area contributed by atoms with Crippen LogP contribution in [-0.2, 0) is 4.74 Å². The van der Waals surface area contributed by atoms with Crippen molar-refractivity contribution in [3.05, 3.63) is 83.3 Å². The largest absolute Gasteiger partial charge is 0.438 e. The third-order valence-electron chi connectivity index (χ3n) is 3.11. The second-order valence-corrected chi connectivity index (χ2v) is 5.15. The van der Waals surface area contributed by atoms with Crippen LogP contribution in [0.2, 0.25) is 5.15 Å². The Morgan fingerprint density at radius 2 is 1.44 bits per heavy atom. The zero-order valence-corrected chi connectivity index (χ0v) is 13.5. The highest BCUT2D eigenvalue weighted by molar-refractivity contribution is 6.32. The summed E-state index contributed by atoms with van der Waals surface area (Å²) in [5.74, 6) is -1.28. The summed E-state index contributed by atoms with van der Waals surface area (Å²) in [6.45, 7) is 0. The molecule has 0 aliphatic heterocycles. The van der Waals surface area contributed by atoms with Gasteiger partial charge >= 0.3 is 11.9 Å². The maximum Gasteiger partial charge on any atom is 0.351 e. The van der Waals surface area contributed by atoms with Gasteiger partial charge in [0.2, 0.25) is 5.88 Å². The molecule has 0 spiro atoms. The molecule has 2 heterocycles. The van der Waals surface area contributed by atoms with Crippen LogP contribution < -0.4 is 4.74 Å². The number of hydrogen-bond acceptors (Lipinski definition) is 6. The number of esters is 2. The number of halogens is 1. The third-order valence-corrected chi connectivity index (χ3v) is 3.41. The van der Waals surface area contributed by atoms with E-state index in [2.05, 4.69) is 9.97 Å². The molecule has 124 valence electrons. The van der Waals surface area contributed by atoms with Crippen LogP contribution in [0.15, 0.2) is 67.0 Å². The van der Waals surface area contributed by atoms with E-state index in [0.29, 0.717) is 5.75 Å². The molecule has 0 aliphatic rings. The van der Waals surface area contributed by atoms with Gasteiger partial charge in [0.15, 0.2) is 0 Å². The summed E-state index contributed by atoms with van der Waals surface area (Å²) in [4.78, 5) is 32.2. The summed E-state index contributed by atoms with van der Waals surface area (Å²) in [5.41, 5.74) is 0.00616. The first-order chi connectivity index (χ1) is 12.1. The van der Waals surface area contributed by atoms with Crippen LogP contribution in [0.1, 0.15) is 20.7 Å². The fraction of sp³-hybridized carbons (Fsp3) is 0. The molecule has 0 saturated carbocycles. The van der Waals surface area contributed by atoms with Crippen molar-refractivity contribution in [2.45, 2.75) is 0 Å². The number of ether oxygens (including phenoxy) is 2. The Bertz CT molecular complexity index is 916. The van der Waals surface area contributed by atoms with Crippen molar-refractivity contribution < 1.29 is 19.1 Å². The Morgan fingerprint density at radius 1 is 0.800 bits per heavy atom. The van der Waals surface area contributed by atoms with Gasteiger partial charge in [-0.25, -0.2) is 19.6 Å². The number of rotatable bonds is 4. The smallest absolute Gasteiger partial charge is 0.351 e.